The second kappa shape index (κ2) is 6.11. The molecule has 0 atom stereocenters. The van der Waals surface area contributed by atoms with E-state index in [2.05, 4.69) is 10.6 Å². The Hall–Kier alpha value is -1.79. The normalized spacial score (nSPS) is 17.5. The van der Waals surface area contributed by atoms with E-state index in [1.165, 1.54) is 0 Å². The van der Waals surface area contributed by atoms with Gasteiger partial charge >= 0.3 is 12.0 Å². The quantitative estimate of drug-likeness (QED) is 0.570. The summed E-state index contributed by atoms with van der Waals surface area (Å²) in [5.74, 6) is -1.43. The van der Waals surface area contributed by atoms with Crippen molar-refractivity contribution in [2.24, 2.45) is 11.1 Å². The van der Waals surface area contributed by atoms with E-state index >= 15 is 0 Å². The van der Waals surface area contributed by atoms with Crippen LogP contribution in [0.1, 0.15) is 46.0 Å². The maximum absolute atomic E-state index is 11.9. The van der Waals surface area contributed by atoms with E-state index in [4.69, 9.17) is 10.8 Å². The molecule has 0 aromatic rings. The molecular weight excluding hydrogens is 262 g/mol. The number of hydrogen-bond acceptors (Lipinski definition) is 3. The number of carbonyl (C=O) groups excluding carboxylic acids is 2. The van der Waals surface area contributed by atoms with Crippen molar-refractivity contribution < 1.29 is 19.5 Å². The van der Waals surface area contributed by atoms with Crippen LogP contribution < -0.4 is 16.4 Å². The molecule has 5 N–H and O–H groups in total. The minimum Gasteiger partial charge on any atom is -0.481 e. The smallest absolute Gasteiger partial charge is 0.315 e. The standard InChI is InChI=1S/C13H23N3O4/c1-12(2,10(14)19)8-15-11(20)16-13(7-9(17)18)5-3-4-6-13/h3-8H2,1-2H3,(H2,14,19)(H,17,18)(H2,15,16,20). The molecule has 0 aromatic heterocycles. The van der Waals surface area contributed by atoms with Gasteiger partial charge in [-0.1, -0.05) is 12.8 Å². The summed E-state index contributed by atoms with van der Waals surface area (Å²) in [7, 11) is 0. The van der Waals surface area contributed by atoms with Crippen LogP contribution in [-0.2, 0) is 9.59 Å². The molecule has 7 heteroatoms. The second-order valence-electron chi connectivity index (χ2n) is 6.11. The van der Waals surface area contributed by atoms with E-state index in [1.54, 1.807) is 13.8 Å². The third kappa shape index (κ3) is 4.40. The summed E-state index contributed by atoms with van der Waals surface area (Å²) < 4.78 is 0. The summed E-state index contributed by atoms with van der Waals surface area (Å²) >= 11 is 0. The van der Waals surface area contributed by atoms with E-state index in [0.717, 1.165) is 12.8 Å². The molecule has 0 radical (unpaired) electrons. The molecule has 0 unspecified atom stereocenters. The molecule has 0 spiro atoms. The number of carbonyl (C=O) groups is 3. The van der Waals surface area contributed by atoms with Crippen molar-refractivity contribution in [2.45, 2.75) is 51.5 Å². The Bertz CT molecular complexity index is 400. The molecule has 1 aliphatic rings. The van der Waals surface area contributed by atoms with Crippen LogP contribution in [0.25, 0.3) is 0 Å². The molecule has 0 bridgehead atoms. The van der Waals surface area contributed by atoms with Gasteiger partial charge in [-0.25, -0.2) is 4.79 Å². The van der Waals surface area contributed by atoms with Gasteiger partial charge in [0.15, 0.2) is 0 Å². The topological polar surface area (TPSA) is 122 Å². The maximum Gasteiger partial charge on any atom is 0.315 e. The summed E-state index contributed by atoms with van der Waals surface area (Å²) in [6.45, 7) is 3.38. The van der Waals surface area contributed by atoms with Gasteiger partial charge in [-0.2, -0.15) is 0 Å². The molecule has 3 amide bonds. The number of hydrogen-bond donors (Lipinski definition) is 4. The first-order valence-electron chi connectivity index (χ1n) is 6.75. The van der Waals surface area contributed by atoms with Crippen molar-refractivity contribution in [1.82, 2.24) is 10.6 Å². The predicted molar refractivity (Wildman–Crippen MR) is 73.0 cm³/mol. The Kier molecular flexibility index (Phi) is 4.97. The molecular formula is C13H23N3O4. The molecule has 0 heterocycles. The number of rotatable bonds is 6. The van der Waals surface area contributed by atoms with Crippen LogP contribution in [0.3, 0.4) is 0 Å². The van der Waals surface area contributed by atoms with Crippen molar-refractivity contribution in [1.29, 1.82) is 0 Å². The first-order chi connectivity index (χ1) is 9.17. The van der Waals surface area contributed by atoms with Crippen molar-refractivity contribution in [3.8, 4) is 0 Å². The van der Waals surface area contributed by atoms with Gasteiger partial charge in [0.2, 0.25) is 5.91 Å². The second-order valence-corrected chi connectivity index (χ2v) is 6.11. The van der Waals surface area contributed by atoms with Crippen LogP contribution in [0.15, 0.2) is 0 Å². The monoisotopic (exact) mass is 285 g/mol. The van der Waals surface area contributed by atoms with Crippen LogP contribution in [0.4, 0.5) is 4.79 Å². The Balaban J connectivity index is 2.55. The van der Waals surface area contributed by atoms with E-state index < -0.39 is 28.9 Å². The molecule has 0 saturated heterocycles. The van der Waals surface area contributed by atoms with E-state index in [-0.39, 0.29) is 13.0 Å². The van der Waals surface area contributed by atoms with Gasteiger partial charge in [0.05, 0.1) is 17.4 Å². The number of amides is 3. The minimum absolute atomic E-state index is 0.0837. The third-order valence-corrected chi connectivity index (χ3v) is 3.79. The lowest BCUT2D eigenvalue weighted by Crippen LogP contribution is -2.53. The summed E-state index contributed by atoms with van der Waals surface area (Å²) in [6, 6.07) is -0.456. The molecule has 20 heavy (non-hydrogen) atoms. The zero-order chi connectivity index (χ0) is 15.4. The minimum atomic E-state index is -0.926. The Morgan fingerprint density at radius 1 is 1.25 bits per heavy atom. The molecule has 1 aliphatic carbocycles. The molecule has 1 rings (SSSR count). The number of nitrogens with two attached hydrogens (primary N) is 1. The van der Waals surface area contributed by atoms with Gasteiger partial charge in [0.1, 0.15) is 0 Å². The average molecular weight is 285 g/mol. The Morgan fingerprint density at radius 2 is 1.80 bits per heavy atom. The van der Waals surface area contributed by atoms with Gasteiger partial charge in [0, 0.05) is 6.54 Å². The highest BCUT2D eigenvalue weighted by Gasteiger charge is 2.37. The van der Waals surface area contributed by atoms with Crippen molar-refractivity contribution in [3.63, 3.8) is 0 Å². The molecule has 1 saturated carbocycles. The van der Waals surface area contributed by atoms with Gasteiger partial charge < -0.3 is 21.5 Å². The van der Waals surface area contributed by atoms with Crippen molar-refractivity contribution in [2.75, 3.05) is 6.54 Å². The fourth-order valence-electron chi connectivity index (χ4n) is 2.36. The molecule has 7 nitrogen and oxygen atoms in total. The number of urea groups is 1. The highest BCUT2D eigenvalue weighted by Crippen LogP contribution is 2.32. The SMILES string of the molecule is CC(C)(CNC(=O)NC1(CC(=O)O)CCCC1)C(N)=O. The lowest BCUT2D eigenvalue weighted by atomic mass is 9.92. The molecule has 114 valence electrons. The zero-order valence-corrected chi connectivity index (χ0v) is 12.0. The molecule has 0 aromatic carbocycles. The summed E-state index contributed by atoms with van der Waals surface area (Å²) in [6.07, 6.45) is 3.04. The highest BCUT2D eigenvalue weighted by molar-refractivity contribution is 5.82. The number of aliphatic carboxylic acids is 1. The average Bonchev–Trinajstić information content (AvgIpc) is 2.73. The number of carboxylic acid groups (broad SMARTS) is 1. The fraction of sp³-hybridized carbons (Fsp3) is 0.769. The van der Waals surface area contributed by atoms with Gasteiger partial charge in [-0.3, -0.25) is 9.59 Å². The van der Waals surface area contributed by atoms with Gasteiger partial charge in [-0.05, 0) is 26.7 Å². The Morgan fingerprint density at radius 3 is 2.25 bits per heavy atom. The predicted octanol–water partition coefficient (Wildman–Crippen LogP) is 0.585. The zero-order valence-electron chi connectivity index (χ0n) is 12.0. The van der Waals surface area contributed by atoms with Crippen LogP contribution in [0.2, 0.25) is 0 Å². The maximum atomic E-state index is 11.9. The van der Waals surface area contributed by atoms with Crippen LogP contribution in [0, 0.1) is 5.41 Å². The number of nitrogens with one attached hydrogen (secondary N) is 2. The lowest BCUT2D eigenvalue weighted by molar-refractivity contribution is -0.138. The van der Waals surface area contributed by atoms with Crippen LogP contribution in [-0.4, -0.2) is 35.1 Å². The van der Waals surface area contributed by atoms with E-state index in [0.29, 0.717) is 12.8 Å². The largest absolute Gasteiger partial charge is 0.481 e. The number of primary amides is 1. The van der Waals surface area contributed by atoms with Gasteiger partial charge in [0.25, 0.3) is 0 Å². The van der Waals surface area contributed by atoms with Gasteiger partial charge in [-0.15, -0.1) is 0 Å². The van der Waals surface area contributed by atoms with E-state index in [9.17, 15) is 14.4 Å². The lowest BCUT2D eigenvalue weighted by Gasteiger charge is -2.29. The van der Waals surface area contributed by atoms with Crippen LogP contribution >= 0.6 is 0 Å². The summed E-state index contributed by atoms with van der Waals surface area (Å²) in [5.41, 5.74) is 3.71. The number of carboxylic acids is 1. The van der Waals surface area contributed by atoms with Crippen molar-refractivity contribution in [3.05, 3.63) is 0 Å². The Labute approximate surface area is 118 Å². The fourth-order valence-corrected chi connectivity index (χ4v) is 2.36. The molecule has 1 fully saturated rings. The summed E-state index contributed by atoms with van der Waals surface area (Å²) in [5, 5.41) is 14.3. The summed E-state index contributed by atoms with van der Waals surface area (Å²) in [4.78, 5) is 34.0. The third-order valence-electron chi connectivity index (χ3n) is 3.79. The molecule has 0 aliphatic heterocycles. The first-order valence-corrected chi connectivity index (χ1v) is 6.75. The van der Waals surface area contributed by atoms with E-state index in [1.807, 2.05) is 0 Å². The van der Waals surface area contributed by atoms with Crippen molar-refractivity contribution >= 4 is 17.9 Å². The first kappa shape index (κ1) is 16.3. The highest BCUT2D eigenvalue weighted by atomic mass is 16.4. The van der Waals surface area contributed by atoms with Crippen LogP contribution in [0.5, 0.6) is 0 Å².